The fourth-order valence-corrected chi connectivity index (χ4v) is 3.41. The van der Waals surface area contributed by atoms with Crippen molar-refractivity contribution in [2.24, 2.45) is 5.73 Å². The molecule has 1 aromatic rings. The Hall–Kier alpha value is -0.920. The van der Waals surface area contributed by atoms with E-state index < -0.39 is 16.2 Å². The van der Waals surface area contributed by atoms with Crippen molar-refractivity contribution in [3.8, 4) is 0 Å². The number of nitrogens with two attached hydrogens (primary N) is 1. The zero-order valence-electron chi connectivity index (χ0n) is 8.96. The van der Waals surface area contributed by atoms with Crippen molar-refractivity contribution in [1.82, 2.24) is 14.5 Å². The largest absolute Gasteiger partial charge is 0.315 e. The number of nitrogens with one attached hydrogen (secondary N) is 1. The first-order valence-electron chi connectivity index (χ1n) is 5.38. The zero-order chi connectivity index (χ0) is 11.6. The molecule has 0 aliphatic carbocycles. The summed E-state index contributed by atoms with van der Waals surface area (Å²) >= 11 is 0. The van der Waals surface area contributed by atoms with Gasteiger partial charge in [0.25, 0.3) is 0 Å². The first kappa shape index (κ1) is 11.6. The fourth-order valence-electron chi connectivity index (χ4n) is 1.92. The lowest BCUT2D eigenvalue weighted by Crippen LogP contribution is -2.45. The van der Waals surface area contributed by atoms with Crippen molar-refractivity contribution in [1.29, 1.82) is 0 Å². The predicted molar refractivity (Wildman–Crippen MR) is 58.9 cm³/mol. The minimum absolute atomic E-state index is 0.185. The standard InChI is InChI=1S/C9H16N4O2S/c10-9-4-2-1-3-5-13(9)16(14,15)8-6-11-12-7-8/h6-7,9H,1-5,10H2,(H,11,12). The molecule has 0 radical (unpaired) electrons. The molecule has 6 nitrogen and oxygen atoms in total. The third-order valence-electron chi connectivity index (χ3n) is 2.83. The molecule has 1 fully saturated rings. The van der Waals surface area contributed by atoms with Crippen LogP contribution >= 0.6 is 0 Å². The molecule has 3 N–H and O–H groups in total. The molecular weight excluding hydrogens is 228 g/mol. The summed E-state index contributed by atoms with van der Waals surface area (Å²) in [6.45, 7) is 0.495. The van der Waals surface area contributed by atoms with Crippen LogP contribution in [0.15, 0.2) is 17.3 Å². The van der Waals surface area contributed by atoms with Crippen LogP contribution in [0.4, 0.5) is 0 Å². The van der Waals surface area contributed by atoms with Gasteiger partial charge in [0.1, 0.15) is 4.90 Å². The fraction of sp³-hybridized carbons (Fsp3) is 0.667. The highest BCUT2D eigenvalue weighted by Gasteiger charge is 2.30. The van der Waals surface area contributed by atoms with Crippen molar-refractivity contribution in [2.45, 2.75) is 36.7 Å². The van der Waals surface area contributed by atoms with Gasteiger partial charge in [-0.1, -0.05) is 12.8 Å². The maximum absolute atomic E-state index is 12.2. The lowest BCUT2D eigenvalue weighted by molar-refractivity contribution is 0.329. The lowest BCUT2D eigenvalue weighted by atomic mass is 10.2. The summed E-state index contributed by atoms with van der Waals surface area (Å²) in [6, 6.07) is 0. The molecule has 7 heteroatoms. The van der Waals surface area contributed by atoms with E-state index in [0.29, 0.717) is 6.54 Å². The highest BCUT2D eigenvalue weighted by molar-refractivity contribution is 7.89. The first-order valence-corrected chi connectivity index (χ1v) is 6.82. The van der Waals surface area contributed by atoms with Crippen LogP contribution in [-0.4, -0.2) is 35.6 Å². The molecule has 0 bridgehead atoms. The SMILES string of the molecule is NC1CCCCCN1S(=O)(=O)c1cn[nH]c1. The molecule has 0 aromatic carbocycles. The van der Waals surface area contributed by atoms with E-state index in [1.54, 1.807) is 0 Å². The molecule has 90 valence electrons. The maximum atomic E-state index is 12.2. The van der Waals surface area contributed by atoms with Crippen LogP contribution in [0.25, 0.3) is 0 Å². The average Bonchev–Trinajstić information content (AvgIpc) is 2.69. The van der Waals surface area contributed by atoms with Gasteiger partial charge in [-0.15, -0.1) is 0 Å². The second kappa shape index (κ2) is 4.52. The summed E-state index contributed by atoms with van der Waals surface area (Å²) < 4.78 is 25.8. The van der Waals surface area contributed by atoms with E-state index in [0.717, 1.165) is 25.7 Å². The van der Waals surface area contributed by atoms with Gasteiger partial charge in [-0.2, -0.15) is 9.40 Å². The van der Waals surface area contributed by atoms with Crippen LogP contribution in [0.2, 0.25) is 0 Å². The number of hydrogen-bond donors (Lipinski definition) is 2. The Bertz CT molecular complexity index is 428. The van der Waals surface area contributed by atoms with E-state index in [1.807, 2.05) is 0 Å². The van der Waals surface area contributed by atoms with Crippen LogP contribution in [0.3, 0.4) is 0 Å². The van der Waals surface area contributed by atoms with Crippen molar-refractivity contribution in [3.63, 3.8) is 0 Å². The normalized spacial score (nSPS) is 24.2. The maximum Gasteiger partial charge on any atom is 0.247 e. The number of nitrogens with zero attached hydrogens (tertiary/aromatic N) is 2. The summed E-state index contributed by atoms with van der Waals surface area (Å²) in [6.07, 6.45) is 5.88. The summed E-state index contributed by atoms with van der Waals surface area (Å²) in [5.74, 6) is 0. The Labute approximate surface area is 94.9 Å². The zero-order valence-corrected chi connectivity index (χ0v) is 9.78. The van der Waals surface area contributed by atoms with Crippen molar-refractivity contribution in [2.75, 3.05) is 6.54 Å². The Morgan fingerprint density at radius 1 is 1.44 bits per heavy atom. The number of sulfonamides is 1. The van der Waals surface area contributed by atoms with Gasteiger partial charge in [-0.05, 0) is 12.8 Å². The molecular formula is C9H16N4O2S. The predicted octanol–water partition coefficient (Wildman–Crippen LogP) is 0.259. The van der Waals surface area contributed by atoms with Crippen LogP contribution < -0.4 is 5.73 Å². The summed E-state index contributed by atoms with van der Waals surface area (Å²) in [7, 11) is -3.48. The van der Waals surface area contributed by atoms with Crippen LogP contribution in [-0.2, 0) is 10.0 Å². The molecule has 1 saturated heterocycles. The van der Waals surface area contributed by atoms with Gasteiger partial charge < -0.3 is 5.73 Å². The number of hydrogen-bond acceptors (Lipinski definition) is 4. The van der Waals surface area contributed by atoms with Crippen LogP contribution in [0.1, 0.15) is 25.7 Å². The molecule has 0 spiro atoms. The Morgan fingerprint density at radius 2 is 2.25 bits per heavy atom. The molecule has 0 amide bonds. The first-order chi connectivity index (χ1) is 7.62. The van der Waals surface area contributed by atoms with Crippen molar-refractivity contribution >= 4 is 10.0 Å². The minimum Gasteiger partial charge on any atom is -0.315 e. The number of aromatic nitrogens is 2. The molecule has 1 aliphatic heterocycles. The highest BCUT2D eigenvalue weighted by atomic mass is 32.2. The van der Waals surface area contributed by atoms with Gasteiger partial charge in [0.15, 0.2) is 0 Å². The molecule has 2 heterocycles. The number of aromatic amines is 1. The Balaban J connectivity index is 2.28. The van der Waals surface area contributed by atoms with Gasteiger partial charge in [-0.25, -0.2) is 8.42 Å². The molecule has 0 saturated carbocycles. The second-order valence-corrected chi connectivity index (χ2v) is 5.86. The van der Waals surface area contributed by atoms with E-state index in [-0.39, 0.29) is 4.90 Å². The third kappa shape index (κ3) is 2.11. The summed E-state index contributed by atoms with van der Waals surface area (Å²) in [5, 5.41) is 6.17. The van der Waals surface area contributed by atoms with Gasteiger partial charge in [0.05, 0.1) is 12.4 Å². The second-order valence-electron chi connectivity index (χ2n) is 3.97. The molecule has 16 heavy (non-hydrogen) atoms. The van der Waals surface area contributed by atoms with Gasteiger partial charge in [0, 0.05) is 12.7 Å². The Kier molecular flexibility index (Phi) is 3.27. The van der Waals surface area contributed by atoms with Crippen molar-refractivity contribution in [3.05, 3.63) is 12.4 Å². The van der Waals surface area contributed by atoms with Crippen LogP contribution in [0, 0.1) is 0 Å². The smallest absolute Gasteiger partial charge is 0.247 e. The quantitative estimate of drug-likeness (QED) is 0.780. The topological polar surface area (TPSA) is 92.1 Å². The summed E-state index contributed by atoms with van der Waals surface area (Å²) in [4.78, 5) is 0.185. The van der Waals surface area contributed by atoms with Gasteiger partial charge in [0.2, 0.25) is 10.0 Å². The molecule has 1 unspecified atom stereocenters. The molecule has 1 atom stereocenters. The number of rotatable bonds is 2. The van der Waals surface area contributed by atoms with Crippen LogP contribution in [0.5, 0.6) is 0 Å². The lowest BCUT2D eigenvalue weighted by Gasteiger charge is -2.25. The van der Waals surface area contributed by atoms with E-state index in [1.165, 1.54) is 16.7 Å². The molecule has 2 rings (SSSR count). The summed E-state index contributed by atoms with van der Waals surface area (Å²) in [5.41, 5.74) is 5.89. The van der Waals surface area contributed by atoms with Gasteiger partial charge >= 0.3 is 0 Å². The minimum atomic E-state index is -3.48. The van der Waals surface area contributed by atoms with Crippen molar-refractivity contribution < 1.29 is 8.42 Å². The third-order valence-corrected chi connectivity index (χ3v) is 4.72. The van der Waals surface area contributed by atoms with E-state index in [4.69, 9.17) is 5.73 Å². The van der Waals surface area contributed by atoms with E-state index >= 15 is 0 Å². The van der Waals surface area contributed by atoms with E-state index in [9.17, 15) is 8.42 Å². The average molecular weight is 244 g/mol. The Morgan fingerprint density at radius 3 is 2.94 bits per heavy atom. The monoisotopic (exact) mass is 244 g/mol. The van der Waals surface area contributed by atoms with E-state index in [2.05, 4.69) is 10.2 Å². The van der Waals surface area contributed by atoms with Gasteiger partial charge in [-0.3, -0.25) is 5.10 Å². The number of H-pyrrole nitrogens is 1. The highest BCUT2D eigenvalue weighted by Crippen LogP contribution is 2.21. The molecule has 1 aliphatic rings. The molecule has 1 aromatic heterocycles.